The number of anilines is 1. The number of nitrogens with zero attached hydrogens (tertiary/aromatic N) is 1. The maximum atomic E-state index is 12.5. The van der Waals surface area contributed by atoms with Crippen LogP contribution in [-0.2, 0) is 11.3 Å². The van der Waals surface area contributed by atoms with Gasteiger partial charge in [0.05, 0.1) is 5.92 Å². The van der Waals surface area contributed by atoms with Gasteiger partial charge in [-0.15, -0.1) is 0 Å². The van der Waals surface area contributed by atoms with Crippen molar-refractivity contribution >= 4 is 22.5 Å². The van der Waals surface area contributed by atoms with Crippen molar-refractivity contribution in [3.63, 3.8) is 0 Å². The lowest BCUT2D eigenvalue weighted by atomic mass is 9.74. The standard InChI is InChI=1S/C17H17F3N2O/c1-2-16(23)21-14-3-4-15-12(9-14)5-6-22(15)10-11-7-13(8-11)17(18,19)20/h2-6,9,11,13H,1,7-8,10H2,(H,21,23). The molecule has 0 aliphatic heterocycles. The summed E-state index contributed by atoms with van der Waals surface area (Å²) in [6, 6.07) is 7.39. The molecule has 6 heteroatoms. The summed E-state index contributed by atoms with van der Waals surface area (Å²) in [5.41, 5.74) is 1.62. The van der Waals surface area contributed by atoms with Gasteiger partial charge in [-0.1, -0.05) is 6.58 Å². The molecule has 3 rings (SSSR count). The molecule has 0 saturated heterocycles. The van der Waals surface area contributed by atoms with E-state index in [1.54, 1.807) is 6.07 Å². The summed E-state index contributed by atoms with van der Waals surface area (Å²) in [4.78, 5) is 11.3. The van der Waals surface area contributed by atoms with Crippen LogP contribution in [0.1, 0.15) is 12.8 Å². The molecule has 2 aromatic rings. The third-order valence-corrected chi connectivity index (χ3v) is 4.38. The number of nitrogens with one attached hydrogen (secondary N) is 1. The van der Waals surface area contributed by atoms with E-state index < -0.39 is 12.1 Å². The molecule has 1 aliphatic rings. The molecule has 0 bridgehead atoms. The Morgan fingerprint density at radius 2 is 2.09 bits per heavy atom. The molecule has 1 aromatic carbocycles. The molecule has 1 aromatic heterocycles. The van der Waals surface area contributed by atoms with E-state index >= 15 is 0 Å². The van der Waals surface area contributed by atoms with Gasteiger partial charge >= 0.3 is 6.18 Å². The number of rotatable bonds is 4. The Bertz CT molecular complexity index is 742. The first-order valence-corrected chi connectivity index (χ1v) is 7.46. The fourth-order valence-electron chi connectivity index (χ4n) is 3.06. The van der Waals surface area contributed by atoms with Crippen LogP contribution < -0.4 is 5.32 Å². The summed E-state index contributed by atoms with van der Waals surface area (Å²) in [6.45, 7) is 3.99. The SMILES string of the molecule is C=CC(=O)Nc1ccc2c(ccn2CC2CC(C(F)(F)F)C2)c1. The molecule has 122 valence electrons. The number of aromatic nitrogens is 1. The number of benzene rings is 1. The molecule has 3 nitrogen and oxygen atoms in total. The first-order chi connectivity index (χ1) is 10.9. The van der Waals surface area contributed by atoms with Crippen LogP contribution in [0.4, 0.5) is 18.9 Å². The van der Waals surface area contributed by atoms with E-state index in [0.29, 0.717) is 12.2 Å². The smallest absolute Gasteiger partial charge is 0.347 e. The van der Waals surface area contributed by atoms with Crippen LogP contribution in [0.5, 0.6) is 0 Å². The van der Waals surface area contributed by atoms with Crippen LogP contribution >= 0.6 is 0 Å². The first kappa shape index (κ1) is 15.6. The highest BCUT2D eigenvalue weighted by molar-refractivity contribution is 6.00. The average molecular weight is 322 g/mol. The topological polar surface area (TPSA) is 34.0 Å². The van der Waals surface area contributed by atoms with Gasteiger partial charge < -0.3 is 9.88 Å². The van der Waals surface area contributed by atoms with E-state index in [4.69, 9.17) is 0 Å². The van der Waals surface area contributed by atoms with Crippen molar-refractivity contribution in [3.8, 4) is 0 Å². The predicted molar refractivity (Wildman–Crippen MR) is 83.0 cm³/mol. The number of carbonyl (C=O) groups excluding carboxylic acids is 1. The first-order valence-electron chi connectivity index (χ1n) is 7.46. The number of halogens is 3. The summed E-state index contributed by atoms with van der Waals surface area (Å²) in [5.74, 6) is -1.36. The van der Waals surface area contributed by atoms with Crippen LogP contribution in [0.25, 0.3) is 10.9 Å². The Morgan fingerprint density at radius 1 is 1.35 bits per heavy atom. The Kier molecular flexibility index (Phi) is 3.92. The lowest BCUT2D eigenvalue weighted by Gasteiger charge is -2.36. The van der Waals surface area contributed by atoms with Crippen molar-refractivity contribution in [2.24, 2.45) is 11.8 Å². The van der Waals surface area contributed by atoms with Crippen LogP contribution in [-0.4, -0.2) is 16.7 Å². The van der Waals surface area contributed by atoms with Gasteiger partial charge in [0.15, 0.2) is 0 Å². The van der Waals surface area contributed by atoms with Gasteiger partial charge in [-0.05, 0) is 49.1 Å². The van der Waals surface area contributed by atoms with Gasteiger partial charge in [0.2, 0.25) is 5.91 Å². The van der Waals surface area contributed by atoms with Crippen LogP contribution in [0, 0.1) is 11.8 Å². The third-order valence-electron chi connectivity index (χ3n) is 4.38. The highest BCUT2D eigenvalue weighted by Gasteiger charge is 2.47. The zero-order chi connectivity index (χ0) is 16.6. The highest BCUT2D eigenvalue weighted by Crippen LogP contribution is 2.45. The fourth-order valence-corrected chi connectivity index (χ4v) is 3.06. The number of alkyl halides is 3. The molecule has 0 unspecified atom stereocenters. The summed E-state index contributed by atoms with van der Waals surface area (Å²) in [5, 5.41) is 3.63. The predicted octanol–water partition coefficient (Wildman–Crippen LogP) is 4.35. The van der Waals surface area contributed by atoms with Gasteiger partial charge in [-0.2, -0.15) is 13.2 Å². The molecule has 0 spiro atoms. The molecule has 1 saturated carbocycles. The van der Waals surface area contributed by atoms with E-state index in [1.807, 2.05) is 29.0 Å². The molecule has 1 heterocycles. The number of carbonyl (C=O) groups is 1. The number of amides is 1. The fraction of sp³-hybridized carbons (Fsp3) is 0.353. The number of hydrogen-bond acceptors (Lipinski definition) is 1. The second kappa shape index (κ2) is 5.76. The van der Waals surface area contributed by atoms with Gasteiger partial charge in [-0.3, -0.25) is 4.79 Å². The summed E-state index contributed by atoms with van der Waals surface area (Å²) in [6.07, 6.45) is -0.575. The van der Waals surface area contributed by atoms with E-state index in [0.717, 1.165) is 10.9 Å². The molecular formula is C17H17F3N2O. The summed E-state index contributed by atoms with van der Waals surface area (Å²) < 4.78 is 39.6. The molecule has 1 aliphatic carbocycles. The molecule has 1 N–H and O–H groups in total. The van der Waals surface area contributed by atoms with Crippen molar-refractivity contribution in [3.05, 3.63) is 43.1 Å². The molecule has 23 heavy (non-hydrogen) atoms. The molecule has 0 atom stereocenters. The van der Waals surface area contributed by atoms with Gasteiger partial charge in [0.1, 0.15) is 0 Å². The minimum atomic E-state index is -4.06. The third kappa shape index (κ3) is 3.25. The van der Waals surface area contributed by atoms with E-state index in [-0.39, 0.29) is 24.7 Å². The normalized spacial score (nSPS) is 21.0. The molecule has 1 fully saturated rings. The monoisotopic (exact) mass is 322 g/mol. The summed E-state index contributed by atoms with van der Waals surface area (Å²) >= 11 is 0. The van der Waals surface area contributed by atoms with Gasteiger partial charge in [-0.25, -0.2) is 0 Å². The number of hydrogen-bond donors (Lipinski definition) is 1. The van der Waals surface area contributed by atoms with Gasteiger partial charge in [0.25, 0.3) is 0 Å². The number of fused-ring (bicyclic) bond motifs is 1. The Morgan fingerprint density at radius 3 is 2.74 bits per heavy atom. The molecular weight excluding hydrogens is 305 g/mol. The minimum absolute atomic E-state index is 0.0670. The maximum Gasteiger partial charge on any atom is 0.391 e. The lowest BCUT2D eigenvalue weighted by molar-refractivity contribution is -0.205. The van der Waals surface area contributed by atoms with Crippen LogP contribution in [0.3, 0.4) is 0 Å². The van der Waals surface area contributed by atoms with E-state index in [2.05, 4.69) is 11.9 Å². The molecule has 0 radical (unpaired) electrons. The lowest BCUT2D eigenvalue weighted by Crippen LogP contribution is -2.37. The minimum Gasteiger partial charge on any atom is -0.347 e. The maximum absolute atomic E-state index is 12.5. The van der Waals surface area contributed by atoms with Crippen LogP contribution in [0.15, 0.2) is 43.1 Å². The van der Waals surface area contributed by atoms with E-state index in [9.17, 15) is 18.0 Å². The largest absolute Gasteiger partial charge is 0.391 e. The Balaban J connectivity index is 1.69. The van der Waals surface area contributed by atoms with Crippen molar-refractivity contribution in [2.75, 3.05) is 5.32 Å². The quantitative estimate of drug-likeness (QED) is 0.834. The Labute approximate surface area is 131 Å². The van der Waals surface area contributed by atoms with Crippen molar-refractivity contribution in [1.82, 2.24) is 4.57 Å². The van der Waals surface area contributed by atoms with Crippen molar-refractivity contribution in [1.29, 1.82) is 0 Å². The second-order valence-corrected chi connectivity index (χ2v) is 6.01. The van der Waals surface area contributed by atoms with Gasteiger partial charge in [0, 0.05) is 29.3 Å². The Hall–Kier alpha value is -2.24. The zero-order valence-corrected chi connectivity index (χ0v) is 12.4. The van der Waals surface area contributed by atoms with Crippen molar-refractivity contribution < 1.29 is 18.0 Å². The highest BCUT2D eigenvalue weighted by atomic mass is 19.4. The second-order valence-electron chi connectivity index (χ2n) is 6.01. The van der Waals surface area contributed by atoms with Crippen LogP contribution in [0.2, 0.25) is 0 Å². The zero-order valence-electron chi connectivity index (χ0n) is 12.4. The van der Waals surface area contributed by atoms with E-state index in [1.165, 1.54) is 6.08 Å². The molecule has 1 amide bonds. The summed E-state index contributed by atoms with van der Waals surface area (Å²) in [7, 11) is 0. The average Bonchev–Trinajstić information content (AvgIpc) is 2.83. The van der Waals surface area contributed by atoms with Crippen molar-refractivity contribution in [2.45, 2.75) is 25.6 Å².